The highest BCUT2D eigenvalue weighted by Gasteiger charge is 2.34. The van der Waals surface area contributed by atoms with Crippen LogP contribution in [-0.4, -0.2) is 44.9 Å². The fourth-order valence-corrected chi connectivity index (χ4v) is 7.56. The molecule has 0 saturated heterocycles. The summed E-state index contributed by atoms with van der Waals surface area (Å²) >= 11 is 2.74. The van der Waals surface area contributed by atoms with Crippen LogP contribution in [0.4, 0.5) is 5.00 Å². The van der Waals surface area contributed by atoms with Gasteiger partial charge in [-0.15, -0.1) is 21.5 Å². The van der Waals surface area contributed by atoms with E-state index in [0.717, 1.165) is 41.7 Å². The topological polar surface area (TPSA) is 128 Å². The second kappa shape index (κ2) is 14.5. The molecule has 3 aromatic heterocycles. The van der Waals surface area contributed by atoms with Crippen molar-refractivity contribution in [3.05, 3.63) is 81.9 Å². The summed E-state index contributed by atoms with van der Waals surface area (Å²) in [4.78, 5) is 39.9. The Morgan fingerprint density at radius 1 is 1.13 bits per heavy atom. The first-order valence-corrected chi connectivity index (χ1v) is 17.0. The molecule has 2 amide bonds. The predicted molar refractivity (Wildman–Crippen MR) is 175 cm³/mol. The average molecular weight is 650 g/mol. The molecule has 12 heteroatoms. The summed E-state index contributed by atoms with van der Waals surface area (Å²) in [6.45, 7) is 9.50. The first-order chi connectivity index (χ1) is 21.6. The SMILES string of the molecule is CCOC(=O)c1c(NC(=O)CSc2nnc(CNC(=O)c3ccco3)n2CCc2ccccc2)sc2c1CCC(C(C)(C)C)C2. The number of carbonyl (C=O) groups excluding carboxylic acids is 3. The minimum atomic E-state index is -0.394. The number of thiophene rings is 1. The van der Waals surface area contributed by atoms with Gasteiger partial charge in [0.25, 0.3) is 5.91 Å². The Bertz CT molecular complexity index is 1620. The molecule has 45 heavy (non-hydrogen) atoms. The lowest BCUT2D eigenvalue weighted by molar-refractivity contribution is -0.113. The van der Waals surface area contributed by atoms with E-state index in [2.05, 4.69) is 53.7 Å². The maximum absolute atomic E-state index is 13.3. The van der Waals surface area contributed by atoms with E-state index >= 15 is 0 Å². The monoisotopic (exact) mass is 649 g/mol. The molecule has 1 aromatic carbocycles. The Labute approximate surface area is 271 Å². The van der Waals surface area contributed by atoms with E-state index in [0.29, 0.717) is 34.0 Å². The fraction of sp³-hybridized carbons (Fsp3) is 0.424. The van der Waals surface area contributed by atoms with Gasteiger partial charge < -0.3 is 24.4 Å². The number of furan rings is 1. The molecule has 1 aliphatic carbocycles. The zero-order valence-electron chi connectivity index (χ0n) is 26.1. The van der Waals surface area contributed by atoms with Crippen LogP contribution in [0, 0.1) is 11.3 Å². The summed E-state index contributed by atoms with van der Waals surface area (Å²) < 4.78 is 12.5. The van der Waals surface area contributed by atoms with E-state index in [1.165, 1.54) is 29.4 Å². The third kappa shape index (κ3) is 8.04. The molecule has 4 aromatic rings. The highest BCUT2D eigenvalue weighted by molar-refractivity contribution is 7.99. The standard InChI is InChI=1S/C33H39N5O5S2/c1-5-42-31(41)28-23-14-13-22(33(2,3)4)18-25(23)45-30(28)35-27(39)20-44-32-37-36-26(19-34-29(40)24-12-9-17-43-24)38(32)16-15-21-10-7-6-8-11-21/h6-12,17,22H,5,13-16,18-20H2,1-4H3,(H,34,40)(H,35,39). The number of rotatable bonds is 12. The van der Waals surface area contributed by atoms with Gasteiger partial charge in [-0.1, -0.05) is 62.9 Å². The van der Waals surface area contributed by atoms with Gasteiger partial charge in [0.05, 0.1) is 30.7 Å². The number of thioether (sulfide) groups is 1. The van der Waals surface area contributed by atoms with Gasteiger partial charge in [-0.2, -0.15) is 0 Å². The first kappa shape index (κ1) is 32.5. The molecule has 1 aliphatic rings. The molecular formula is C33H39N5O5S2. The number of nitrogens with zero attached hydrogens (tertiary/aromatic N) is 3. The van der Waals surface area contributed by atoms with Gasteiger partial charge in [-0.3, -0.25) is 9.59 Å². The number of esters is 1. The molecule has 2 N–H and O–H groups in total. The van der Waals surface area contributed by atoms with Crippen LogP contribution in [0.25, 0.3) is 0 Å². The van der Waals surface area contributed by atoms with Crippen molar-refractivity contribution in [1.29, 1.82) is 0 Å². The molecule has 5 rings (SSSR count). The summed E-state index contributed by atoms with van der Waals surface area (Å²) in [5, 5.41) is 15.6. The van der Waals surface area contributed by atoms with Crippen molar-refractivity contribution in [3.63, 3.8) is 0 Å². The largest absolute Gasteiger partial charge is 0.462 e. The van der Waals surface area contributed by atoms with Crippen molar-refractivity contribution in [2.24, 2.45) is 11.3 Å². The van der Waals surface area contributed by atoms with Crippen molar-refractivity contribution in [3.8, 4) is 0 Å². The number of anilines is 1. The lowest BCUT2D eigenvalue weighted by Gasteiger charge is -2.33. The van der Waals surface area contributed by atoms with Gasteiger partial charge in [0.2, 0.25) is 5.91 Å². The number of fused-ring (bicyclic) bond motifs is 1. The Balaban J connectivity index is 1.30. The Morgan fingerprint density at radius 2 is 1.93 bits per heavy atom. The minimum absolute atomic E-state index is 0.0671. The smallest absolute Gasteiger partial charge is 0.341 e. The molecule has 0 radical (unpaired) electrons. The van der Waals surface area contributed by atoms with Gasteiger partial charge >= 0.3 is 5.97 Å². The second-order valence-electron chi connectivity index (χ2n) is 12.0. The van der Waals surface area contributed by atoms with Crippen LogP contribution in [0.2, 0.25) is 0 Å². The molecule has 0 spiro atoms. The number of benzene rings is 1. The van der Waals surface area contributed by atoms with Gasteiger partial charge in [-0.05, 0) is 67.2 Å². The molecule has 1 atom stereocenters. The number of nitrogens with one attached hydrogen (secondary N) is 2. The van der Waals surface area contributed by atoms with Crippen LogP contribution in [0.15, 0.2) is 58.3 Å². The molecule has 0 saturated carbocycles. The number of hydrogen-bond donors (Lipinski definition) is 2. The van der Waals surface area contributed by atoms with Crippen LogP contribution in [0.3, 0.4) is 0 Å². The van der Waals surface area contributed by atoms with Gasteiger partial charge in [0.1, 0.15) is 5.00 Å². The number of amides is 2. The van der Waals surface area contributed by atoms with Crippen molar-refractivity contribution in [2.45, 2.75) is 71.6 Å². The molecule has 3 heterocycles. The number of ether oxygens (including phenoxy) is 1. The maximum atomic E-state index is 13.3. The van der Waals surface area contributed by atoms with Crippen molar-refractivity contribution in [2.75, 3.05) is 17.7 Å². The van der Waals surface area contributed by atoms with Crippen molar-refractivity contribution >= 4 is 45.9 Å². The zero-order valence-corrected chi connectivity index (χ0v) is 27.7. The van der Waals surface area contributed by atoms with Gasteiger partial charge in [0, 0.05) is 11.4 Å². The maximum Gasteiger partial charge on any atom is 0.341 e. The highest BCUT2D eigenvalue weighted by atomic mass is 32.2. The third-order valence-corrected chi connectivity index (χ3v) is 10.1. The zero-order chi connectivity index (χ0) is 32.0. The summed E-state index contributed by atoms with van der Waals surface area (Å²) in [6, 6.07) is 13.3. The minimum Gasteiger partial charge on any atom is -0.462 e. The van der Waals surface area contributed by atoms with E-state index in [1.54, 1.807) is 19.1 Å². The van der Waals surface area contributed by atoms with E-state index in [1.807, 2.05) is 22.8 Å². The average Bonchev–Trinajstić information content (AvgIpc) is 3.76. The molecule has 1 unspecified atom stereocenters. The summed E-state index contributed by atoms with van der Waals surface area (Å²) in [6.07, 6.45) is 4.82. The Hall–Kier alpha value is -3.90. The third-order valence-electron chi connectivity index (χ3n) is 7.97. The van der Waals surface area contributed by atoms with Crippen LogP contribution in [-0.2, 0) is 41.9 Å². The normalized spacial score (nSPS) is 14.5. The summed E-state index contributed by atoms with van der Waals surface area (Å²) in [5.41, 5.74) is 2.79. The van der Waals surface area contributed by atoms with Crippen LogP contribution in [0.1, 0.15) is 76.9 Å². The van der Waals surface area contributed by atoms with Crippen molar-refractivity contribution in [1.82, 2.24) is 20.1 Å². The molecular weight excluding hydrogens is 611 g/mol. The number of aromatic nitrogens is 3. The molecule has 0 aliphatic heterocycles. The van der Waals surface area contributed by atoms with E-state index in [4.69, 9.17) is 9.15 Å². The van der Waals surface area contributed by atoms with Crippen LogP contribution in [0.5, 0.6) is 0 Å². The highest BCUT2D eigenvalue weighted by Crippen LogP contribution is 2.44. The predicted octanol–water partition coefficient (Wildman–Crippen LogP) is 6.16. The number of carbonyl (C=O) groups is 3. The first-order valence-electron chi connectivity index (χ1n) is 15.2. The van der Waals surface area contributed by atoms with Gasteiger partial charge in [0.15, 0.2) is 16.7 Å². The fourth-order valence-electron chi connectivity index (χ4n) is 5.45. The second-order valence-corrected chi connectivity index (χ2v) is 14.1. The van der Waals surface area contributed by atoms with Crippen LogP contribution < -0.4 is 10.6 Å². The molecule has 0 bridgehead atoms. The van der Waals surface area contributed by atoms with E-state index in [-0.39, 0.29) is 41.9 Å². The van der Waals surface area contributed by atoms with E-state index in [9.17, 15) is 14.4 Å². The van der Waals surface area contributed by atoms with Crippen LogP contribution >= 0.6 is 23.1 Å². The molecule has 10 nitrogen and oxygen atoms in total. The van der Waals surface area contributed by atoms with Gasteiger partial charge in [-0.25, -0.2) is 4.79 Å². The molecule has 238 valence electrons. The molecule has 0 fully saturated rings. The Kier molecular flexibility index (Phi) is 10.4. The van der Waals surface area contributed by atoms with E-state index < -0.39 is 5.97 Å². The quantitative estimate of drug-likeness (QED) is 0.138. The summed E-state index contributed by atoms with van der Waals surface area (Å²) in [7, 11) is 0. The van der Waals surface area contributed by atoms with Crippen molar-refractivity contribution < 1.29 is 23.5 Å². The number of aryl methyl sites for hydroxylation is 1. The number of hydrogen-bond acceptors (Lipinski definition) is 9. The lowest BCUT2D eigenvalue weighted by Crippen LogP contribution is -2.26. The summed E-state index contributed by atoms with van der Waals surface area (Å²) in [5.74, 6) is 0.350. The lowest BCUT2D eigenvalue weighted by atomic mass is 9.72. The Morgan fingerprint density at radius 3 is 2.64 bits per heavy atom.